The minimum Gasteiger partial charge on any atom is -0.497 e. The normalized spacial score (nSPS) is 11.5. The van der Waals surface area contributed by atoms with Crippen molar-refractivity contribution >= 4 is 45.7 Å². The molecule has 2 aromatic heterocycles. The second-order valence-electron chi connectivity index (χ2n) is 7.87. The first-order chi connectivity index (χ1) is 14.2. The molecule has 0 aliphatic rings. The number of rotatable bonds is 7. The van der Waals surface area contributed by atoms with Crippen LogP contribution in [-0.2, 0) is 11.3 Å². The van der Waals surface area contributed by atoms with Crippen molar-refractivity contribution in [2.45, 2.75) is 39.3 Å². The number of carbonyl (C=O) groups excluding carboxylic acids is 2. The topological polar surface area (TPSA) is 81.2 Å². The zero-order valence-corrected chi connectivity index (χ0v) is 19.4. The van der Waals surface area contributed by atoms with Crippen LogP contribution in [0.25, 0.3) is 10.9 Å². The molecule has 1 amide bonds. The van der Waals surface area contributed by atoms with Crippen LogP contribution in [0, 0.1) is 12.3 Å². The van der Waals surface area contributed by atoms with Gasteiger partial charge in [-0.3, -0.25) is 9.59 Å². The Balaban J connectivity index is 1.66. The highest BCUT2D eigenvalue weighted by molar-refractivity contribution is 8.00. The van der Waals surface area contributed by atoms with Gasteiger partial charge >= 0.3 is 0 Å². The van der Waals surface area contributed by atoms with Gasteiger partial charge in [0, 0.05) is 21.7 Å². The van der Waals surface area contributed by atoms with E-state index in [0.717, 1.165) is 26.6 Å². The molecule has 1 N–H and O–H groups in total. The van der Waals surface area contributed by atoms with E-state index in [2.05, 4.69) is 15.3 Å². The number of Topliss-reactive ketones (excluding diaryl/α,β-unsaturated/α-hetero) is 1. The number of fused-ring (bicyclic) bond motifs is 1. The molecule has 30 heavy (non-hydrogen) atoms. The molecule has 3 aromatic rings. The lowest BCUT2D eigenvalue weighted by Gasteiger charge is -2.17. The highest BCUT2D eigenvalue weighted by Crippen LogP contribution is 2.29. The van der Waals surface area contributed by atoms with Crippen LogP contribution in [0.3, 0.4) is 0 Å². The van der Waals surface area contributed by atoms with Crippen LogP contribution in [0.4, 0.5) is 0 Å². The third kappa shape index (κ3) is 5.37. The van der Waals surface area contributed by atoms with Gasteiger partial charge in [0.05, 0.1) is 29.8 Å². The summed E-state index contributed by atoms with van der Waals surface area (Å²) in [5, 5.41) is 4.59. The van der Waals surface area contributed by atoms with E-state index < -0.39 is 5.41 Å². The SMILES string of the molecule is COc1ccc2c(SCC(=O)c3ccc(CNC(=O)C(C)(C)C)s3)nc(C)nc2c1. The minimum atomic E-state index is -0.436. The van der Waals surface area contributed by atoms with Gasteiger partial charge in [0.1, 0.15) is 16.6 Å². The van der Waals surface area contributed by atoms with E-state index in [1.54, 1.807) is 7.11 Å². The fourth-order valence-electron chi connectivity index (χ4n) is 2.69. The maximum Gasteiger partial charge on any atom is 0.225 e. The molecular formula is C22H25N3O3S2. The Morgan fingerprint density at radius 1 is 1.17 bits per heavy atom. The number of aryl methyl sites for hydroxylation is 1. The minimum absolute atomic E-state index is 0.0121. The van der Waals surface area contributed by atoms with Gasteiger partial charge in [-0.15, -0.1) is 11.3 Å². The third-order valence-electron chi connectivity index (χ3n) is 4.36. The van der Waals surface area contributed by atoms with Gasteiger partial charge in [0.15, 0.2) is 5.78 Å². The number of nitrogens with zero attached hydrogens (tertiary/aromatic N) is 2. The molecule has 0 fully saturated rings. The Bertz CT molecular complexity index is 1090. The van der Waals surface area contributed by atoms with Gasteiger partial charge < -0.3 is 10.1 Å². The first kappa shape index (κ1) is 22.2. The first-order valence-corrected chi connectivity index (χ1v) is 11.3. The van der Waals surface area contributed by atoms with Crippen molar-refractivity contribution < 1.29 is 14.3 Å². The number of nitrogens with one attached hydrogen (secondary N) is 1. The van der Waals surface area contributed by atoms with E-state index in [1.165, 1.54) is 23.1 Å². The Hall–Kier alpha value is -2.45. The lowest BCUT2D eigenvalue weighted by atomic mass is 9.96. The highest BCUT2D eigenvalue weighted by Gasteiger charge is 2.21. The van der Waals surface area contributed by atoms with E-state index in [-0.39, 0.29) is 17.4 Å². The number of carbonyl (C=O) groups is 2. The summed E-state index contributed by atoms with van der Waals surface area (Å²) in [6.07, 6.45) is 0. The maximum atomic E-state index is 12.7. The number of aromatic nitrogens is 2. The standard InChI is InChI=1S/C22H25N3O3S2/c1-13-24-17-10-14(28-5)6-8-16(17)20(25-13)29-12-18(26)19-9-7-15(30-19)11-23-21(27)22(2,3)4/h6-10H,11-12H2,1-5H3,(H,23,27). The maximum absolute atomic E-state index is 12.7. The number of ether oxygens (including phenoxy) is 1. The van der Waals surface area contributed by atoms with Crippen LogP contribution >= 0.6 is 23.1 Å². The van der Waals surface area contributed by atoms with Crippen LogP contribution in [-0.4, -0.2) is 34.5 Å². The summed E-state index contributed by atoms with van der Waals surface area (Å²) in [6, 6.07) is 9.36. The van der Waals surface area contributed by atoms with Crippen molar-refractivity contribution in [2.75, 3.05) is 12.9 Å². The van der Waals surface area contributed by atoms with E-state index >= 15 is 0 Å². The summed E-state index contributed by atoms with van der Waals surface area (Å²) in [7, 11) is 1.62. The van der Waals surface area contributed by atoms with Gasteiger partial charge in [-0.25, -0.2) is 9.97 Å². The smallest absolute Gasteiger partial charge is 0.225 e. The summed E-state index contributed by atoms with van der Waals surface area (Å²) in [5.41, 5.74) is 0.361. The molecule has 8 heteroatoms. The van der Waals surface area contributed by atoms with Crippen molar-refractivity contribution in [1.29, 1.82) is 0 Å². The number of methoxy groups -OCH3 is 1. The van der Waals surface area contributed by atoms with Crippen LogP contribution < -0.4 is 10.1 Å². The van der Waals surface area contributed by atoms with Crippen LogP contribution in [0.15, 0.2) is 35.4 Å². The Morgan fingerprint density at radius 2 is 1.93 bits per heavy atom. The van der Waals surface area contributed by atoms with E-state index in [0.29, 0.717) is 17.2 Å². The Morgan fingerprint density at radius 3 is 2.63 bits per heavy atom. The molecule has 6 nitrogen and oxygen atoms in total. The predicted octanol–water partition coefficient (Wildman–Crippen LogP) is 4.65. The Labute approximate surface area is 184 Å². The summed E-state index contributed by atoms with van der Waals surface area (Å²) < 4.78 is 5.27. The summed E-state index contributed by atoms with van der Waals surface area (Å²) in [6.45, 7) is 7.88. The quantitative estimate of drug-likeness (QED) is 0.325. The number of thiophene rings is 1. The van der Waals surface area contributed by atoms with Gasteiger partial charge in [-0.05, 0) is 31.2 Å². The first-order valence-electron chi connectivity index (χ1n) is 9.53. The number of thioether (sulfide) groups is 1. The van der Waals surface area contributed by atoms with Gasteiger partial charge in [0.2, 0.25) is 5.91 Å². The number of hydrogen-bond acceptors (Lipinski definition) is 7. The molecule has 0 saturated heterocycles. The van der Waals surface area contributed by atoms with Gasteiger partial charge in [0.25, 0.3) is 0 Å². The van der Waals surface area contributed by atoms with Gasteiger partial charge in [-0.2, -0.15) is 0 Å². The van der Waals surface area contributed by atoms with Crippen LogP contribution in [0.1, 0.15) is 41.1 Å². The van der Waals surface area contributed by atoms with Crippen molar-refractivity contribution in [3.05, 3.63) is 45.9 Å². The number of amides is 1. The molecule has 3 rings (SSSR count). The van der Waals surface area contributed by atoms with Crippen molar-refractivity contribution in [2.24, 2.45) is 5.41 Å². The third-order valence-corrected chi connectivity index (χ3v) is 6.48. The monoisotopic (exact) mass is 443 g/mol. The summed E-state index contributed by atoms with van der Waals surface area (Å²) >= 11 is 2.82. The second-order valence-corrected chi connectivity index (χ2v) is 10.0. The zero-order chi connectivity index (χ0) is 21.9. The van der Waals surface area contributed by atoms with Crippen molar-refractivity contribution in [3.8, 4) is 5.75 Å². The molecule has 158 valence electrons. The number of ketones is 1. The molecule has 1 aromatic carbocycles. The fourth-order valence-corrected chi connectivity index (χ4v) is 4.61. The summed E-state index contributed by atoms with van der Waals surface area (Å²) in [5.74, 6) is 1.69. The number of benzene rings is 1. The summed E-state index contributed by atoms with van der Waals surface area (Å²) in [4.78, 5) is 35.3. The molecule has 0 radical (unpaired) electrons. The molecule has 0 spiro atoms. The molecule has 0 saturated carbocycles. The van der Waals surface area contributed by atoms with Gasteiger partial charge in [-0.1, -0.05) is 32.5 Å². The average molecular weight is 444 g/mol. The molecule has 0 atom stereocenters. The van der Waals surface area contributed by atoms with Crippen molar-refractivity contribution in [1.82, 2.24) is 15.3 Å². The Kier molecular flexibility index (Phi) is 6.77. The number of hydrogen-bond donors (Lipinski definition) is 1. The average Bonchev–Trinajstić information content (AvgIpc) is 3.17. The second kappa shape index (κ2) is 9.14. The lowest BCUT2D eigenvalue weighted by molar-refractivity contribution is -0.128. The molecule has 0 unspecified atom stereocenters. The molecule has 0 aliphatic heterocycles. The van der Waals surface area contributed by atoms with Crippen LogP contribution in [0.2, 0.25) is 0 Å². The van der Waals surface area contributed by atoms with E-state index in [4.69, 9.17) is 4.74 Å². The largest absolute Gasteiger partial charge is 0.497 e. The van der Waals surface area contributed by atoms with E-state index in [1.807, 2.05) is 58.0 Å². The van der Waals surface area contributed by atoms with Crippen LogP contribution in [0.5, 0.6) is 5.75 Å². The lowest BCUT2D eigenvalue weighted by Crippen LogP contribution is -2.34. The van der Waals surface area contributed by atoms with E-state index in [9.17, 15) is 9.59 Å². The van der Waals surface area contributed by atoms with Crippen molar-refractivity contribution in [3.63, 3.8) is 0 Å². The molecule has 0 aliphatic carbocycles. The zero-order valence-electron chi connectivity index (χ0n) is 17.7. The fraction of sp³-hybridized carbons (Fsp3) is 0.364. The predicted molar refractivity (Wildman–Crippen MR) is 122 cm³/mol. The molecule has 2 heterocycles. The molecule has 0 bridgehead atoms. The highest BCUT2D eigenvalue weighted by atomic mass is 32.2. The molecular weight excluding hydrogens is 418 g/mol.